The summed E-state index contributed by atoms with van der Waals surface area (Å²) in [6, 6.07) is 10.6. The van der Waals surface area contributed by atoms with Crippen molar-refractivity contribution in [1.82, 2.24) is 15.0 Å². The second-order valence-electron chi connectivity index (χ2n) is 7.62. The van der Waals surface area contributed by atoms with Crippen LogP contribution in [-0.2, 0) is 0 Å². The predicted octanol–water partition coefficient (Wildman–Crippen LogP) is 3.68. The van der Waals surface area contributed by atoms with E-state index in [1.807, 2.05) is 12.4 Å². The second kappa shape index (κ2) is 7.08. The molecule has 1 aliphatic carbocycles. The number of pyridine rings is 1. The number of aromatic nitrogens is 3. The van der Waals surface area contributed by atoms with Crippen LogP contribution in [0.4, 0.5) is 5.69 Å². The van der Waals surface area contributed by atoms with Crippen molar-refractivity contribution < 1.29 is 4.74 Å². The number of nitriles is 1. The molecule has 1 atom stereocenters. The molecule has 0 spiro atoms. The van der Waals surface area contributed by atoms with E-state index in [1.54, 1.807) is 6.20 Å². The van der Waals surface area contributed by atoms with Crippen LogP contribution < -0.4 is 9.64 Å². The Labute approximate surface area is 163 Å². The van der Waals surface area contributed by atoms with E-state index < -0.39 is 0 Å². The zero-order valence-corrected chi connectivity index (χ0v) is 15.6. The van der Waals surface area contributed by atoms with Gasteiger partial charge in [0, 0.05) is 53.8 Å². The van der Waals surface area contributed by atoms with Crippen molar-refractivity contribution in [2.24, 2.45) is 5.92 Å². The summed E-state index contributed by atoms with van der Waals surface area (Å²) in [6.45, 7) is 2.50. The maximum atomic E-state index is 9.32. The number of ether oxygens (including phenoxy) is 1. The SMILES string of the molecule is N#Cc1cnc(C2CC2)nc1OC[C@H]1CCN(c2cccc3cnccc23)C1. The second-order valence-corrected chi connectivity index (χ2v) is 7.62. The Balaban J connectivity index is 1.28. The van der Waals surface area contributed by atoms with Crippen molar-refractivity contribution in [1.29, 1.82) is 5.26 Å². The van der Waals surface area contributed by atoms with Crippen LogP contribution in [0.3, 0.4) is 0 Å². The first-order valence-electron chi connectivity index (χ1n) is 9.79. The Kier molecular flexibility index (Phi) is 4.28. The molecule has 2 aromatic heterocycles. The molecule has 1 saturated heterocycles. The molecule has 3 aromatic rings. The number of fused-ring (bicyclic) bond motifs is 1. The minimum absolute atomic E-state index is 0.406. The van der Waals surface area contributed by atoms with Gasteiger partial charge in [0.15, 0.2) is 0 Å². The van der Waals surface area contributed by atoms with Crippen LogP contribution in [0.5, 0.6) is 5.88 Å². The van der Waals surface area contributed by atoms with Gasteiger partial charge in [0.1, 0.15) is 17.5 Å². The summed E-state index contributed by atoms with van der Waals surface area (Å²) < 4.78 is 5.99. The Morgan fingerprint density at radius 1 is 1.18 bits per heavy atom. The molecule has 0 bridgehead atoms. The van der Waals surface area contributed by atoms with E-state index in [1.165, 1.54) is 11.1 Å². The van der Waals surface area contributed by atoms with Gasteiger partial charge in [0.25, 0.3) is 0 Å². The van der Waals surface area contributed by atoms with Gasteiger partial charge in [0.05, 0.1) is 12.8 Å². The van der Waals surface area contributed by atoms with Crippen molar-refractivity contribution in [2.75, 3.05) is 24.6 Å². The number of hydrogen-bond acceptors (Lipinski definition) is 6. The molecule has 0 N–H and O–H groups in total. The zero-order valence-electron chi connectivity index (χ0n) is 15.6. The largest absolute Gasteiger partial charge is 0.476 e. The van der Waals surface area contributed by atoms with Crippen molar-refractivity contribution in [2.45, 2.75) is 25.2 Å². The maximum absolute atomic E-state index is 9.32. The highest BCUT2D eigenvalue weighted by Crippen LogP contribution is 2.38. The lowest BCUT2D eigenvalue weighted by Gasteiger charge is -2.21. The number of anilines is 1. The zero-order chi connectivity index (χ0) is 18.9. The van der Waals surface area contributed by atoms with E-state index >= 15 is 0 Å². The van der Waals surface area contributed by atoms with Gasteiger partial charge in [0.2, 0.25) is 5.88 Å². The van der Waals surface area contributed by atoms with E-state index in [0.29, 0.717) is 29.9 Å². The van der Waals surface area contributed by atoms with Crippen molar-refractivity contribution in [3.63, 3.8) is 0 Å². The highest BCUT2D eigenvalue weighted by Gasteiger charge is 2.28. The molecule has 0 unspecified atom stereocenters. The lowest BCUT2D eigenvalue weighted by atomic mass is 10.1. The molecule has 1 aromatic carbocycles. The summed E-state index contributed by atoms with van der Waals surface area (Å²) in [5, 5.41) is 11.7. The first-order valence-corrected chi connectivity index (χ1v) is 9.79. The molecule has 3 heterocycles. The molecular formula is C22H21N5O. The van der Waals surface area contributed by atoms with Crippen LogP contribution in [0.1, 0.15) is 36.6 Å². The quantitative estimate of drug-likeness (QED) is 0.681. The Morgan fingerprint density at radius 3 is 2.96 bits per heavy atom. The van der Waals surface area contributed by atoms with E-state index in [0.717, 1.165) is 43.6 Å². The normalized spacial score (nSPS) is 19.0. The van der Waals surface area contributed by atoms with Gasteiger partial charge in [-0.1, -0.05) is 12.1 Å². The first kappa shape index (κ1) is 16.9. The van der Waals surface area contributed by atoms with E-state index in [4.69, 9.17) is 4.74 Å². The molecule has 28 heavy (non-hydrogen) atoms. The van der Waals surface area contributed by atoms with Crippen LogP contribution in [0, 0.1) is 17.2 Å². The number of hydrogen-bond donors (Lipinski definition) is 0. The van der Waals surface area contributed by atoms with Crippen LogP contribution >= 0.6 is 0 Å². The average Bonchev–Trinajstić information content (AvgIpc) is 3.49. The van der Waals surface area contributed by atoms with Gasteiger partial charge in [-0.05, 0) is 31.4 Å². The Bertz CT molecular complexity index is 1050. The standard InChI is InChI=1S/C22H21N5O/c23-10-18-12-25-21(16-4-5-16)26-22(18)28-14-15-7-9-27(13-15)20-3-1-2-17-11-24-8-6-19(17)20/h1-3,6,8,11-12,15-16H,4-5,7,9,13-14H2/t15-/m0/s1. The molecule has 0 radical (unpaired) electrons. The van der Waals surface area contributed by atoms with Crippen LogP contribution in [0.2, 0.25) is 0 Å². The molecule has 5 rings (SSSR count). The van der Waals surface area contributed by atoms with Crippen LogP contribution in [0.15, 0.2) is 42.9 Å². The van der Waals surface area contributed by atoms with Crippen molar-refractivity contribution in [3.05, 3.63) is 54.2 Å². The summed E-state index contributed by atoms with van der Waals surface area (Å²) in [5.41, 5.74) is 1.67. The highest BCUT2D eigenvalue weighted by atomic mass is 16.5. The van der Waals surface area contributed by atoms with Crippen LogP contribution in [-0.4, -0.2) is 34.6 Å². The van der Waals surface area contributed by atoms with Crippen molar-refractivity contribution in [3.8, 4) is 11.9 Å². The molecule has 1 saturated carbocycles. The van der Waals surface area contributed by atoms with Gasteiger partial charge < -0.3 is 9.64 Å². The molecule has 1 aliphatic heterocycles. The molecule has 6 heteroatoms. The third-order valence-corrected chi connectivity index (χ3v) is 5.58. The van der Waals surface area contributed by atoms with Gasteiger partial charge >= 0.3 is 0 Å². The summed E-state index contributed by atoms with van der Waals surface area (Å²) in [5.74, 6) is 2.10. The lowest BCUT2D eigenvalue weighted by Crippen LogP contribution is -2.22. The van der Waals surface area contributed by atoms with Gasteiger partial charge in [-0.25, -0.2) is 4.98 Å². The summed E-state index contributed by atoms with van der Waals surface area (Å²) >= 11 is 0. The summed E-state index contributed by atoms with van der Waals surface area (Å²) in [4.78, 5) is 15.4. The van der Waals surface area contributed by atoms with Gasteiger partial charge in [-0.3, -0.25) is 4.98 Å². The summed E-state index contributed by atoms with van der Waals surface area (Å²) in [7, 11) is 0. The van der Waals surface area contributed by atoms with Crippen molar-refractivity contribution >= 4 is 16.5 Å². The topological polar surface area (TPSA) is 74.9 Å². The average molecular weight is 371 g/mol. The lowest BCUT2D eigenvalue weighted by molar-refractivity contribution is 0.250. The molecule has 0 amide bonds. The minimum atomic E-state index is 0.406. The van der Waals surface area contributed by atoms with Gasteiger partial charge in [-0.15, -0.1) is 0 Å². The molecule has 2 aliphatic rings. The minimum Gasteiger partial charge on any atom is -0.476 e. The maximum Gasteiger partial charge on any atom is 0.235 e. The number of benzene rings is 1. The number of rotatable bonds is 5. The Morgan fingerprint density at radius 2 is 2.11 bits per heavy atom. The van der Waals surface area contributed by atoms with E-state index in [2.05, 4.69) is 50.2 Å². The molecule has 140 valence electrons. The monoisotopic (exact) mass is 371 g/mol. The molecule has 2 fully saturated rings. The number of nitrogens with zero attached hydrogens (tertiary/aromatic N) is 5. The Hall–Kier alpha value is -3.20. The highest BCUT2D eigenvalue weighted by molar-refractivity contribution is 5.93. The third kappa shape index (κ3) is 3.24. The predicted molar refractivity (Wildman–Crippen MR) is 106 cm³/mol. The van der Waals surface area contributed by atoms with E-state index in [-0.39, 0.29) is 0 Å². The fourth-order valence-corrected chi connectivity index (χ4v) is 3.87. The first-order chi connectivity index (χ1) is 13.8. The molecule has 6 nitrogen and oxygen atoms in total. The van der Waals surface area contributed by atoms with E-state index in [9.17, 15) is 5.26 Å². The van der Waals surface area contributed by atoms with Gasteiger partial charge in [-0.2, -0.15) is 10.2 Å². The third-order valence-electron chi connectivity index (χ3n) is 5.58. The smallest absolute Gasteiger partial charge is 0.235 e. The fraction of sp³-hybridized carbons (Fsp3) is 0.364. The summed E-state index contributed by atoms with van der Waals surface area (Å²) in [6.07, 6.45) is 8.67. The molecular weight excluding hydrogens is 350 g/mol. The van der Waals surface area contributed by atoms with Crippen LogP contribution in [0.25, 0.3) is 10.8 Å². The fourth-order valence-electron chi connectivity index (χ4n) is 3.87.